The fourth-order valence-electron chi connectivity index (χ4n) is 2.54. The van der Waals surface area contributed by atoms with Crippen LogP contribution in [-0.4, -0.2) is 46.8 Å². The summed E-state index contributed by atoms with van der Waals surface area (Å²) in [6.07, 6.45) is 0. The molecule has 1 N–H and O–H groups in total. The highest BCUT2D eigenvalue weighted by atomic mass is 32.1. The molecule has 0 radical (unpaired) electrons. The molecule has 0 aromatic carbocycles. The number of ether oxygens (including phenoxy) is 1. The Morgan fingerprint density at radius 1 is 1.35 bits per heavy atom. The Bertz CT molecular complexity index is 734. The topological polar surface area (TPSA) is 75.5 Å². The third-order valence-corrected chi connectivity index (χ3v) is 4.68. The van der Waals surface area contributed by atoms with Crippen molar-refractivity contribution in [3.8, 4) is 0 Å². The molecule has 0 atom stereocenters. The van der Waals surface area contributed by atoms with Gasteiger partial charge < -0.3 is 14.7 Å². The number of carbonyl (C=O) groups is 1. The van der Waals surface area contributed by atoms with Gasteiger partial charge in [0.2, 0.25) is 0 Å². The van der Waals surface area contributed by atoms with E-state index in [1.54, 1.807) is 13.8 Å². The van der Waals surface area contributed by atoms with Crippen LogP contribution in [0.3, 0.4) is 0 Å². The maximum Gasteiger partial charge on any atom is 0.348 e. The third-order valence-electron chi connectivity index (χ3n) is 3.51. The summed E-state index contributed by atoms with van der Waals surface area (Å²) < 4.78 is 4.85. The standard InChI is InChI=1S/C16H23N3O3S/c1-7-19(8-16(4,5)21)13-11-9(2)12(15(20)22-6)23-14(11)18-10(3)17-13/h21H,7-8H2,1-6H3. The van der Waals surface area contributed by atoms with Crippen LogP contribution in [0.5, 0.6) is 0 Å². The van der Waals surface area contributed by atoms with Crippen molar-refractivity contribution in [2.45, 2.75) is 40.2 Å². The predicted molar refractivity (Wildman–Crippen MR) is 92.4 cm³/mol. The minimum Gasteiger partial charge on any atom is -0.465 e. The van der Waals surface area contributed by atoms with Crippen molar-refractivity contribution in [3.05, 3.63) is 16.3 Å². The lowest BCUT2D eigenvalue weighted by molar-refractivity contribution is 0.0605. The number of fused-ring (bicyclic) bond motifs is 1. The molecule has 0 saturated carbocycles. The summed E-state index contributed by atoms with van der Waals surface area (Å²) in [5.74, 6) is 1.03. The van der Waals surface area contributed by atoms with Gasteiger partial charge in [0, 0.05) is 13.1 Å². The molecule has 2 aromatic heterocycles. The van der Waals surface area contributed by atoms with E-state index in [1.165, 1.54) is 18.4 Å². The molecule has 0 aliphatic heterocycles. The van der Waals surface area contributed by atoms with Crippen LogP contribution in [0.15, 0.2) is 0 Å². The minimum atomic E-state index is -0.851. The second-order valence-electron chi connectivity index (χ2n) is 6.15. The van der Waals surface area contributed by atoms with Crippen molar-refractivity contribution in [1.82, 2.24) is 9.97 Å². The lowest BCUT2D eigenvalue weighted by atomic mass is 10.1. The van der Waals surface area contributed by atoms with Crippen LogP contribution >= 0.6 is 11.3 Å². The highest BCUT2D eigenvalue weighted by Crippen LogP contribution is 2.36. The first kappa shape index (κ1) is 17.6. The highest BCUT2D eigenvalue weighted by Gasteiger charge is 2.25. The average molecular weight is 337 g/mol. The Hall–Kier alpha value is -1.73. The van der Waals surface area contributed by atoms with Crippen LogP contribution in [-0.2, 0) is 4.74 Å². The van der Waals surface area contributed by atoms with Gasteiger partial charge in [-0.05, 0) is 40.2 Å². The van der Waals surface area contributed by atoms with Crippen LogP contribution in [0.1, 0.15) is 41.8 Å². The first-order valence-electron chi connectivity index (χ1n) is 7.51. The van der Waals surface area contributed by atoms with E-state index in [-0.39, 0.29) is 5.97 Å². The number of methoxy groups -OCH3 is 1. The fraction of sp³-hybridized carbons (Fsp3) is 0.562. The Morgan fingerprint density at radius 3 is 2.52 bits per heavy atom. The molecule has 126 valence electrons. The number of esters is 1. The zero-order valence-corrected chi connectivity index (χ0v) is 15.2. The number of hydrogen-bond acceptors (Lipinski definition) is 7. The monoisotopic (exact) mass is 337 g/mol. The van der Waals surface area contributed by atoms with Crippen LogP contribution in [0.25, 0.3) is 10.2 Å². The van der Waals surface area contributed by atoms with Gasteiger partial charge in [0.1, 0.15) is 21.3 Å². The number of carbonyl (C=O) groups excluding carboxylic acids is 1. The van der Waals surface area contributed by atoms with E-state index in [9.17, 15) is 9.90 Å². The maximum atomic E-state index is 12.0. The first-order chi connectivity index (χ1) is 10.7. The summed E-state index contributed by atoms with van der Waals surface area (Å²) in [6.45, 7) is 10.4. The van der Waals surface area contributed by atoms with E-state index in [2.05, 4.69) is 9.97 Å². The van der Waals surface area contributed by atoms with Crippen LogP contribution < -0.4 is 4.90 Å². The molecular weight excluding hydrogens is 314 g/mol. The number of anilines is 1. The number of aryl methyl sites for hydroxylation is 2. The highest BCUT2D eigenvalue weighted by molar-refractivity contribution is 7.20. The lowest BCUT2D eigenvalue weighted by Crippen LogP contribution is -2.39. The lowest BCUT2D eigenvalue weighted by Gasteiger charge is -2.29. The normalized spacial score (nSPS) is 11.8. The van der Waals surface area contributed by atoms with E-state index < -0.39 is 5.60 Å². The summed E-state index contributed by atoms with van der Waals surface area (Å²) in [5, 5.41) is 11.0. The summed E-state index contributed by atoms with van der Waals surface area (Å²) in [7, 11) is 1.37. The Labute approximate surface area is 140 Å². The molecule has 23 heavy (non-hydrogen) atoms. The summed E-state index contributed by atoms with van der Waals surface area (Å²) in [5.41, 5.74) is -0.0305. The van der Waals surface area contributed by atoms with Crippen molar-refractivity contribution in [3.63, 3.8) is 0 Å². The van der Waals surface area contributed by atoms with E-state index in [4.69, 9.17) is 4.74 Å². The Balaban J connectivity index is 2.67. The maximum absolute atomic E-state index is 12.0. The molecule has 2 heterocycles. The van der Waals surface area contributed by atoms with Gasteiger partial charge in [-0.2, -0.15) is 0 Å². The van der Waals surface area contributed by atoms with Gasteiger partial charge in [-0.1, -0.05) is 0 Å². The van der Waals surface area contributed by atoms with E-state index >= 15 is 0 Å². The number of aromatic nitrogens is 2. The van der Waals surface area contributed by atoms with Gasteiger partial charge in [0.15, 0.2) is 0 Å². The number of hydrogen-bond donors (Lipinski definition) is 1. The molecule has 2 rings (SSSR count). The quantitative estimate of drug-likeness (QED) is 0.846. The van der Waals surface area contributed by atoms with Gasteiger partial charge in [-0.3, -0.25) is 0 Å². The minimum absolute atomic E-state index is 0.361. The Kier molecular flexibility index (Phi) is 4.91. The molecule has 2 aromatic rings. The summed E-state index contributed by atoms with van der Waals surface area (Å²) >= 11 is 1.32. The zero-order valence-electron chi connectivity index (χ0n) is 14.4. The van der Waals surface area contributed by atoms with E-state index in [0.717, 1.165) is 21.6 Å². The van der Waals surface area contributed by atoms with Crippen molar-refractivity contribution < 1.29 is 14.6 Å². The summed E-state index contributed by atoms with van der Waals surface area (Å²) in [4.78, 5) is 24.3. The predicted octanol–water partition coefficient (Wildman–Crippen LogP) is 2.69. The van der Waals surface area contributed by atoms with E-state index in [1.807, 2.05) is 25.7 Å². The van der Waals surface area contributed by atoms with Gasteiger partial charge >= 0.3 is 5.97 Å². The fourth-order valence-corrected chi connectivity index (χ4v) is 3.68. The molecule has 0 saturated heterocycles. The second kappa shape index (κ2) is 6.41. The van der Waals surface area contributed by atoms with Crippen molar-refractivity contribution in [2.75, 3.05) is 25.1 Å². The molecule has 0 aliphatic rings. The average Bonchev–Trinajstić information content (AvgIpc) is 2.79. The summed E-state index contributed by atoms with van der Waals surface area (Å²) in [6, 6.07) is 0. The SMILES string of the molecule is CCN(CC(C)(C)O)c1nc(C)nc2sc(C(=O)OC)c(C)c12. The van der Waals surface area contributed by atoms with Crippen LogP contribution in [0, 0.1) is 13.8 Å². The molecule has 0 fully saturated rings. The molecule has 0 aliphatic carbocycles. The van der Waals surface area contributed by atoms with Gasteiger partial charge in [-0.25, -0.2) is 14.8 Å². The van der Waals surface area contributed by atoms with Crippen LogP contribution in [0.4, 0.5) is 5.82 Å². The Morgan fingerprint density at radius 2 is 2.00 bits per heavy atom. The molecule has 0 bridgehead atoms. The first-order valence-corrected chi connectivity index (χ1v) is 8.33. The van der Waals surface area contributed by atoms with Gasteiger partial charge in [0.25, 0.3) is 0 Å². The number of thiophene rings is 1. The van der Waals surface area contributed by atoms with Crippen molar-refractivity contribution in [2.24, 2.45) is 0 Å². The van der Waals surface area contributed by atoms with Crippen LogP contribution in [0.2, 0.25) is 0 Å². The second-order valence-corrected chi connectivity index (χ2v) is 7.15. The largest absolute Gasteiger partial charge is 0.465 e. The zero-order chi connectivity index (χ0) is 17.4. The number of nitrogens with zero attached hydrogens (tertiary/aromatic N) is 3. The molecule has 7 heteroatoms. The van der Waals surface area contributed by atoms with E-state index in [0.29, 0.717) is 23.8 Å². The third kappa shape index (κ3) is 3.61. The number of likely N-dealkylation sites (N-methyl/N-ethyl adjacent to an activating group) is 1. The van der Waals surface area contributed by atoms with Crippen molar-refractivity contribution >= 4 is 33.3 Å². The molecular formula is C16H23N3O3S. The molecule has 0 amide bonds. The van der Waals surface area contributed by atoms with Gasteiger partial charge in [-0.15, -0.1) is 11.3 Å². The number of aliphatic hydroxyl groups is 1. The molecule has 0 unspecified atom stereocenters. The van der Waals surface area contributed by atoms with Crippen molar-refractivity contribution in [1.29, 1.82) is 0 Å². The number of rotatable bonds is 5. The molecule has 6 nitrogen and oxygen atoms in total. The molecule has 0 spiro atoms. The smallest absolute Gasteiger partial charge is 0.348 e. The van der Waals surface area contributed by atoms with Gasteiger partial charge in [0.05, 0.1) is 18.1 Å².